The van der Waals surface area contributed by atoms with Gasteiger partial charge in [-0.05, 0) is 6.42 Å². The number of amides is 2. The van der Waals surface area contributed by atoms with E-state index in [4.69, 9.17) is 12.2 Å². The van der Waals surface area contributed by atoms with E-state index in [1.165, 1.54) is 36.4 Å². The summed E-state index contributed by atoms with van der Waals surface area (Å²) in [5.74, 6) is 0.901. The van der Waals surface area contributed by atoms with Gasteiger partial charge in [0.2, 0.25) is 5.91 Å². The van der Waals surface area contributed by atoms with Crippen molar-refractivity contribution in [3.05, 3.63) is 0 Å². The molecule has 2 amide bonds. The SMILES string of the molecule is CCCCCCSC(=O)N1C(=O)CSC1=S. The van der Waals surface area contributed by atoms with Crippen molar-refractivity contribution in [2.75, 3.05) is 11.5 Å². The van der Waals surface area contributed by atoms with E-state index in [-0.39, 0.29) is 11.1 Å². The van der Waals surface area contributed by atoms with Gasteiger partial charge in [0.25, 0.3) is 5.24 Å². The zero-order chi connectivity index (χ0) is 12.0. The van der Waals surface area contributed by atoms with Gasteiger partial charge in [0.05, 0.1) is 5.75 Å². The van der Waals surface area contributed by atoms with E-state index >= 15 is 0 Å². The number of carbonyl (C=O) groups is 2. The fourth-order valence-corrected chi connectivity index (χ4v) is 3.30. The maximum Gasteiger partial charge on any atom is 0.293 e. The molecule has 16 heavy (non-hydrogen) atoms. The van der Waals surface area contributed by atoms with E-state index < -0.39 is 0 Å². The number of imide groups is 1. The monoisotopic (exact) mass is 277 g/mol. The summed E-state index contributed by atoms with van der Waals surface area (Å²) in [5.41, 5.74) is 0. The highest BCUT2D eigenvalue weighted by atomic mass is 32.2. The Balaban J connectivity index is 2.24. The molecule has 0 unspecified atom stereocenters. The van der Waals surface area contributed by atoms with Crippen LogP contribution in [0.15, 0.2) is 0 Å². The Morgan fingerprint density at radius 3 is 2.81 bits per heavy atom. The second-order valence-corrected chi connectivity index (χ2v) is 6.11. The quantitative estimate of drug-likeness (QED) is 0.569. The molecule has 0 aromatic rings. The summed E-state index contributed by atoms with van der Waals surface area (Å²) < 4.78 is 0.399. The number of unbranched alkanes of at least 4 members (excludes halogenated alkanes) is 3. The number of carbonyl (C=O) groups excluding carboxylic acids is 2. The van der Waals surface area contributed by atoms with Gasteiger partial charge >= 0.3 is 0 Å². The fourth-order valence-electron chi connectivity index (χ4n) is 1.28. The Morgan fingerprint density at radius 1 is 1.50 bits per heavy atom. The molecule has 1 aliphatic rings. The third-order valence-corrected chi connectivity index (χ3v) is 4.44. The van der Waals surface area contributed by atoms with E-state index in [1.54, 1.807) is 0 Å². The van der Waals surface area contributed by atoms with Crippen LogP contribution >= 0.6 is 35.7 Å². The number of nitrogens with zero attached hydrogens (tertiary/aromatic N) is 1. The molecule has 0 aromatic heterocycles. The topological polar surface area (TPSA) is 37.4 Å². The van der Waals surface area contributed by atoms with E-state index in [0.717, 1.165) is 23.5 Å². The van der Waals surface area contributed by atoms with Crippen molar-refractivity contribution < 1.29 is 9.59 Å². The summed E-state index contributed by atoms with van der Waals surface area (Å²) in [6.07, 6.45) is 4.55. The molecule has 0 bridgehead atoms. The number of thiocarbonyl (C=S) groups is 1. The molecule has 0 aromatic carbocycles. The summed E-state index contributed by atoms with van der Waals surface area (Å²) in [4.78, 5) is 24.1. The van der Waals surface area contributed by atoms with Gasteiger partial charge in [0, 0.05) is 5.75 Å². The fraction of sp³-hybridized carbons (Fsp3) is 0.700. The van der Waals surface area contributed by atoms with E-state index in [0.29, 0.717) is 10.1 Å². The molecule has 0 spiro atoms. The van der Waals surface area contributed by atoms with Gasteiger partial charge in [-0.1, -0.05) is 61.9 Å². The number of hydrogen-bond acceptors (Lipinski definition) is 5. The average molecular weight is 277 g/mol. The molecular weight excluding hydrogens is 262 g/mol. The highest BCUT2D eigenvalue weighted by Gasteiger charge is 2.32. The standard InChI is InChI=1S/C10H15NO2S3/c1-2-3-4-5-6-15-9(13)11-8(12)7-16-10(11)14/h2-7H2,1H3. The van der Waals surface area contributed by atoms with Crippen LogP contribution in [0, 0.1) is 0 Å². The van der Waals surface area contributed by atoms with Gasteiger partial charge in [0.1, 0.15) is 0 Å². The first-order valence-corrected chi connectivity index (χ1v) is 7.71. The minimum absolute atomic E-state index is 0.180. The summed E-state index contributed by atoms with van der Waals surface area (Å²) in [5, 5.41) is -0.212. The van der Waals surface area contributed by atoms with Crippen LogP contribution in [-0.2, 0) is 4.79 Å². The minimum Gasteiger partial charge on any atom is -0.273 e. The lowest BCUT2D eigenvalue weighted by molar-refractivity contribution is -0.121. The predicted octanol–water partition coefficient (Wildman–Crippen LogP) is 3.28. The van der Waals surface area contributed by atoms with Crippen LogP contribution in [0.5, 0.6) is 0 Å². The van der Waals surface area contributed by atoms with Crippen LogP contribution in [0.25, 0.3) is 0 Å². The van der Waals surface area contributed by atoms with Crippen molar-refractivity contribution in [2.24, 2.45) is 0 Å². The molecule has 1 heterocycles. The molecule has 1 fully saturated rings. The number of thioether (sulfide) groups is 2. The Kier molecular flexibility index (Phi) is 6.38. The molecule has 0 aliphatic carbocycles. The van der Waals surface area contributed by atoms with Crippen LogP contribution in [-0.4, -0.2) is 31.9 Å². The zero-order valence-corrected chi connectivity index (χ0v) is 11.7. The smallest absolute Gasteiger partial charge is 0.273 e. The Morgan fingerprint density at radius 2 is 2.25 bits per heavy atom. The highest BCUT2D eigenvalue weighted by molar-refractivity contribution is 8.24. The third kappa shape index (κ3) is 4.07. The summed E-state index contributed by atoms with van der Waals surface area (Å²) in [6.45, 7) is 2.15. The lowest BCUT2D eigenvalue weighted by Gasteiger charge is -2.11. The molecule has 0 N–H and O–H groups in total. The number of hydrogen-bond donors (Lipinski definition) is 0. The van der Waals surface area contributed by atoms with Crippen LogP contribution < -0.4 is 0 Å². The first-order valence-electron chi connectivity index (χ1n) is 5.33. The van der Waals surface area contributed by atoms with Crippen LogP contribution in [0.1, 0.15) is 32.6 Å². The molecular formula is C10H15NO2S3. The van der Waals surface area contributed by atoms with Crippen LogP contribution in [0.4, 0.5) is 4.79 Å². The average Bonchev–Trinajstić information content (AvgIpc) is 2.58. The summed E-state index contributed by atoms with van der Waals surface area (Å²) in [6, 6.07) is 0. The molecule has 1 aliphatic heterocycles. The second kappa shape index (κ2) is 7.29. The van der Waals surface area contributed by atoms with Crippen molar-refractivity contribution in [3.8, 4) is 0 Å². The Bertz CT molecular complexity index is 278. The van der Waals surface area contributed by atoms with Gasteiger partial charge in [0.15, 0.2) is 4.32 Å². The second-order valence-electron chi connectivity index (χ2n) is 3.46. The molecule has 1 rings (SSSR count). The van der Waals surface area contributed by atoms with Crippen molar-refractivity contribution in [3.63, 3.8) is 0 Å². The maximum atomic E-state index is 11.7. The van der Waals surface area contributed by atoms with Crippen molar-refractivity contribution in [1.29, 1.82) is 0 Å². The number of rotatable bonds is 5. The molecule has 0 saturated carbocycles. The van der Waals surface area contributed by atoms with Crippen molar-refractivity contribution >= 4 is 51.2 Å². The van der Waals surface area contributed by atoms with Crippen LogP contribution in [0.2, 0.25) is 0 Å². The van der Waals surface area contributed by atoms with E-state index in [1.807, 2.05) is 0 Å². The van der Waals surface area contributed by atoms with Gasteiger partial charge in [-0.2, -0.15) is 0 Å². The molecule has 3 nitrogen and oxygen atoms in total. The summed E-state index contributed by atoms with van der Waals surface area (Å²) >= 11 is 7.41. The third-order valence-electron chi connectivity index (χ3n) is 2.16. The molecule has 90 valence electrons. The Labute approximate surface area is 110 Å². The van der Waals surface area contributed by atoms with Crippen molar-refractivity contribution in [1.82, 2.24) is 4.90 Å². The molecule has 6 heteroatoms. The van der Waals surface area contributed by atoms with Crippen LogP contribution in [0.3, 0.4) is 0 Å². The van der Waals surface area contributed by atoms with E-state index in [2.05, 4.69) is 6.92 Å². The maximum absolute atomic E-state index is 11.7. The molecule has 1 saturated heterocycles. The van der Waals surface area contributed by atoms with Gasteiger partial charge in [-0.15, -0.1) is 0 Å². The molecule has 0 radical (unpaired) electrons. The minimum atomic E-state index is -0.212. The molecule has 0 atom stereocenters. The van der Waals surface area contributed by atoms with Gasteiger partial charge in [-0.25, -0.2) is 4.90 Å². The predicted molar refractivity (Wildman–Crippen MR) is 73.9 cm³/mol. The lowest BCUT2D eigenvalue weighted by Crippen LogP contribution is -2.32. The van der Waals surface area contributed by atoms with Crippen molar-refractivity contribution in [2.45, 2.75) is 32.6 Å². The lowest BCUT2D eigenvalue weighted by atomic mass is 10.2. The highest BCUT2D eigenvalue weighted by Crippen LogP contribution is 2.24. The first kappa shape index (κ1) is 14.0. The van der Waals surface area contributed by atoms with Gasteiger partial charge < -0.3 is 0 Å². The normalized spacial score (nSPS) is 15.9. The first-order chi connectivity index (χ1) is 7.66. The van der Waals surface area contributed by atoms with E-state index in [9.17, 15) is 9.59 Å². The summed E-state index contributed by atoms with van der Waals surface area (Å²) in [7, 11) is 0. The van der Waals surface area contributed by atoms with Gasteiger partial charge in [-0.3, -0.25) is 9.59 Å². The largest absolute Gasteiger partial charge is 0.293 e. The zero-order valence-electron chi connectivity index (χ0n) is 9.23. The Hall–Kier alpha value is -0.0700.